The normalized spacial score (nSPS) is 15.5. The van der Waals surface area contributed by atoms with Crippen LogP contribution in [0.2, 0.25) is 0 Å². The van der Waals surface area contributed by atoms with Crippen molar-refractivity contribution in [2.45, 2.75) is 51.4 Å². The van der Waals surface area contributed by atoms with Gasteiger partial charge in [0.05, 0.1) is 11.1 Å². The molecule has 3 aliphatic carbocycles. The zero-order valence-electron chi connectivity index (χ0n) is 19.2. The van der Waals surface area contributed by atoms with Gasteiger partial charge in [0.2, 0.25) is 0 Å². The minimum absolute atomic E-state index is 0. The average molecular weight is 480 g/mol. The fourth-order valence-electron chi connectivity index (χ4n) is 4.28. The second kappa shape index (κ2) is 14.6. The largest absolute Gasteiger partial charge is 2.00 e. The predicted molar refractivity (Wildman–Crippen MR) is 129 cm³/mol. The molecule has 0 unspecified atom stereocenters. The third-order valence-corrected chi connectivity index (χ3v) is 5.80. The monoisotopic (exact) mass is 480 g/mol. The summed E-state index contributed by atoms with van der Waals surface area (Å²) in [6.45, 7) is 0. The van der Waals surface area contributed by atoms with Crippen LogP contribution in [0.15, 0.2) is 83.0 Å². The van der Waals surface area contributed by atoms with E-state index in [-0.39, 0.29) is 29.1 Å². The molecule has 2 aromatic rings. The van der Waals surface area contributed by atoms with Crippen LogP contribution in [0.5, 0.6) is 0 Å². The van der Waals surface area contributed by atoms with Gasteiger partial charge in [-0.3, -0.25) is 0 Å². The average Bonchev–Trinajstić information content (AvgIpc) is 3.20. The Labute approximate surface area is 212 Å². The molecule has 5 rings (SSSR count). The summed E-state index contributed by atoms with van der Waals surface area (Å²) < 4.78 is 0. The fourth-order valence-corrected chi connectivity index (χ4v) is 4.28. The van der Waals surface area contributed by atoms with Crippen molar-refractivity contribution in [2.75, 3.05) is 0 Å². The van der Waals surface area contributed by atoms with Gasteiger partial charge in [0, 0.05) is 0 Å². The zero-order valence-corrected chi connectivity index (χ0v) is 20.8. The molecule has 0 aromatic heterocycles. The Hall–Kier alpha value is -2.56. The first kappa shape index (κ1) is 28.5. The van der Waals surface area contributed by atoms with E-state index in [1.54, 1.807) is 83.0 Å². The molecule has 3 aliphatic rings. The third-order valence-electron chi connectivity index (χ3n) is 5.80. The molecule has 0 amide bonds. The number of carboxylic acids is 2. The van der Waals surface area contributed by atoms with Gasteiger partial charge in [-0.25, -0.2) is 21.6 Å². The van der Waals surface area contributed by atoms with Gasteiger partial charge in [-0.1, -0.05) is 61.2 Å². The molecule has 0 fully saturated rings. The molecule has 0 heterocycles. The fraction of sp³-hybridized carbons (Fsp3) is 0.286. The Bertz CT molecular complexity index is 882. The molecule has 33 heavy (non-hydrogen) atoms. The Morgan fingerprint density at radius 1 is 0.697 bits per heavy atom. The summed E-state index contributed by atoms with van der Waals surface area (Å²) in [4.78, 5) is 20.4. The minimum atomic E-state index is -0.879. The number of hydrogen-bond acceptors (Lipinski definition) is 2. The first-order valence-electron chi connectivity index (χ1n) is 10.9. The SMILES string of the molecule is O=C(O)c1ccccc1.O=C(O)c1ccccc1.[CH-]1CCCC2=C1CC1=C2CCCC1.[CH3-].[Ti+2]. The minimum Gasteiger partial charge on any atom is -0.478 e. The second-order valence-corrected chi connectivity index (χ2v) is 7.91. The van der Waals surface area contributed by atoms with Crippen molar-refractivity contribution in [3.05, 3.63) is 108 Å². The van der Waals surface area contributed by atoms with E-state index >= 15 is 0 Å². The van der Waals surface area contributed by atoms with Crippen LogP contribution in [0.4, 0.5) is 0 Å². The smallest absolute Gasteiger partial charge is 0.478 e. The Morgan fingerprint density at radius 3 is 1.67 bits per heavy atom. The van der Waals surface area contributed by atoms with Gasteiger partial charge in [-0.2, -0.15) is 5.57 Å². The van der Waals surface area contributed by atoms with E-state index in [1.807, 2.05) is 0 Å². The molecule has 2 aromatic carbocycles. The molecule has 4 nitrogen and oxygen atoms in total. The van der Waals surface area contributed by atoms with E-state index in [0.717, 1.165) is 0 Å². The number of hydrogen-bond donors (Lipinski definition) is 2. The third kappa shape index (κ3) is 8.38. The summed E-state index contributed by atoms with van der Waals surface area (Å²) >= 11 is 0. The van der Waals surface area contributed by atoms with Gasteiger partial charge in [-0.05, 0) is 49.9 Å². The van der Waals surface area contributed by atoms with Crippen LogP contribution in [0.3, 0.4) is 0 Å². The van der Waals surface area contributed by atoms with Crippen LogP contribution in [-0.2, 0) is 21.7 Å². The van der Waals surface area contributed by atoms with Crippen molar-refractivity contribution in [1.29, 1.82) is 0 Å². The number of fused-ring (bicyclic) bond motifs is 1. The molecule has 172 valence electrons. The summed E-state index contributed by atoms with van der Waals surface area (Å²) in [5.41, 5.74) is 7.72. The van der Waals surface area contributed by atoms with Gasteiger partial charge < -0.3 is 17.6 Å². The summed E-state index contributed by atoms with van der Waals surface area (Å²) in [6.07, 6.45) is 13.6. The van der Waals surface area contributed by atoms with E-state index in [9.17, 15) is 9.59 Å². The molecule has 0 radical (unpaired) electrons. The standard InChI is InChI=1S/C13H17.2C7H6O2.CH3.Ti/c1-3-7-12-10(5-1)9-11-6-2-4-8-13(11)12;2*8-7(9)6-4-2-1-3-5-6;;/h5H,1-4,6-9H2;2*1-5H,(H,8,9);1H3;/q-1;;;-1;+2. The van der Waals surface area contributed by atoms with Crippen LogP contribution in [0, 0.1) is 13.8 Å². The number of rotatable bonds is 2. The summed E-state index contributed by atoms with van der Waals surface area (Å²) in [6, 6.07) is 16.6. The molecule has 0 atom stereocenters. The van der Waals surface area contributed by atoms with Crippen LogP contribution < -0.4 is 0 Å². The summed E-state index contributed by atoms with van der Waals surface area (Å²) in [7, 11) is 0. The first-order valence-corrected chi connectivity index (χ1v) is 10.9. The Kier molecular flexibility index (Phi) is 12.6. The van der Waals surface area contributed by atoms with E-state index in [2.05, 4.69) is 6.42 Å². The van der Waals surface area contributed by atoms with Crippen LogP contribution in [-0.4, -0.2) is 22.2 Å². The number of carboxylic acid groups (broad SMARTS) is 2. The van der Waals surface area contributed by atoms with E-state index in [4.69, 9.17) is 10.2 Å². The molecule has 0 spiro atoms. The van der Waals surface area contributed by atoms with E-state index < -0.39 is 11.9 Å². The van der Waals surface area contributed by atoms with Gasteiger partial charge in [0.25, 0.3) is 0 Å². The molecule has 0 saturated heterocycles. The second-order valence-electron chi connectivity index (χ2n) is 7.91. The number of carbonyl (C=O) groups is 2. The number of benzene rings is 2. The van der Waals surface area contributed by atoms with Gasteiger partial charge >= 0.3 is 33.7 Å². The maximum atomic E-state index is 10.2. The van der Waals surface area contributed by atoms with Crippen LogP contribution >= 0.6 is 0 Å². The van der Waals surface area contributed by atoms with Crippen molar-refractivity contribution in [3.8, 4) is 0 Å². The van der Waals surface area contributed by atoms with Crippen molar-refractivity contribution in [1.82, 2.24) is 0 Å². The summed E-state index contributed by atoms with van der Waals surface area (Å²) in [5.74, 6) is -1.76. The molecular weight excluding hydrogens is 448 g/mol. The van der Waals surface area contributed by atoms with Crippen LogP contribution in [0.25, 0.3) is 0 Å². The van der Waals surface area contributed by atoms with Gasteiger partial charge in [0.1, 0.15) is 0 Å². The van der Waals surface area contributed by atoms with Crippen LogP contribution in [0.1, 0.15) is 72.1 Å². The van der Waals surface area contributed by atoms with Crippen molar-refractivity contribution >= 4 is 11.9 Å². The summed E-state index contributed by atoms with van der Waals surface area (Å²) in [5, 5.41) is 16.8. The Balaban J connectivity index is 0.000000247. The van der Waals surface area contributed by atoms with E-state index in [0.29, 0.717) is 11.1 Å². The molecule has 2 N–H and O–H groups in total. The number of aromatic carboxylic acids is 2. The molecule has 0 aliphatic heterocycles. The molecule has 0 bridgehead atoms. The van der Waals surface area contributed by atoms with Crippen molar-refractivity contribution in [2.24, 2.45) is 0 Å². The zero-order chi connectivity index (χ0) is 22.1. The predicted octanol–water partition coefficient (Wildman–Crippen LogP) is 7.16. The number of allylic oxidation sites excluding steroid dienone is 4. The van der Waals surface area contributed by atoms with Crippen molar-refractivity contribution in [3.63, 3.8) is 0 Å². The quantitative estimate of drug-likeness (QED) is 0.353. The molecule has 5 heteroatoms. The Morgan fingerprint density at radius 2 is 1.18 bits per heavy atom. The topological polar surface area (TPSA) is 74.6 Å². The maximum absolute atomic E-state index is 10.2. The van der Waals surface area contributed by atoms with Gasteiger partial charge in [-0.15, -0.1) is 12.0 Å². The molecule has 0 saturated carbocycles. The van der Waals surface area contributed by atoms with Gasteiger partial charge in [0.15, 0.2) is 0 Å². The van der Waals surface area contributed by atoms with Crippen molar-refractivity contribution < 1.29 is 41.5 Å². The van der Waals surface area contributed by atoms with E-state index in [1.165, 1.54) is 51.4 Å². The maximum Gasteiger partial charge on any atom is 2.00 e. The molecular formula is C28H32O4Ti. The first-order chi connectivity index (χ1) is 15.1.